The van der Waals surface area contributed by atoms with E-state index in [9.17, 15) is 0 Å². The van der Waals surface area contributed by atoms with Gasteiger partial charge in [-0.15, -0.1) is 11.8 Å². The molecule has 0 N–H and O–H groups in total. The van der Waals surface area contributed by atoms with Crippen molar-refractivity contribution in [2.45, 2.75) is 6.92 Å². The number of thioether (sulfide) groups is 1. The molecule has 0 amide bonds. The van der Waals surface area contributed by atoms with Crippen LogP contribution >= 0.6 is 11.8 Å². The summed E-state index contributed by atoms with van der Waals surface area (Å²) in [5.74, 6) is 1.09. The van der Waals surface area contributed by atoms with Gasteiger partial charge in [-0.25, -0.2) is 0 Å². The minimum absolute atomic E-state index is 1.09. The van der Waals surface area contributed by atoms with Crippen LogP contribution in [0.25, 0.3) is 0 Å². The Morgan fingerprint density at radius 2 is 2.22 bits per heavy atom. The van der Waals surface area contributed by atoms with Crippen molar-refractivity contribution in [3.63, 3.8) is 0 Å². The van der Waals surface area contributed by atoms with E-state index in [1.54, 1.807) is 17.8 Å². The summed E-state index contributed by atoms with van der Waals surface area (Å²) in [6.45, 7) is 9.37. The monoisotopic (exact) mass is 140 g/mol. The van der Waals surface area contributed by atoms with Gasteiger partial charge in [0.15, 0.2) is 0 Å². The molecule has 0 aliphatic heterocycles. The highest BCUT2D eigenvalue weighted by molar-refractivity contribution is 8.03. The predicted octanol–water partition coefficient (Wildman–Crippen LogP) is 3.00. The van der Waals surface area contributed by atoms with Crippen molar-refractivity contribution in [2.24, 2.45) is 0 Å². The quantitative estimate of drug-likeness (QED) is 0.541. The normalized spacial score (nSPS) is 11.0. The summed E-state index contributed by atoms with van der Waals surface area (Å²) in [6.07, 6.45) is 5.58. The van der Waals surface area contributed by atoms with Crippen molar-refractivity contribution < 1.29 is 0 Å². The molecule has 0 aromatic rings. The molecule has 0 bridgehead atoms. The Bertz CT molecular complexity index is 123. The van der Waals surface area contributed by atoms with Gasteiger partial charge in [-0.1, -0.05) is 32.2 Å². The molecule has 0 rings (SSSR count). The molecule has 0 aliphatic rings. The lowest BCUT2D eigenvalue weighted by Gasteiger charge is -1.93. The van der Waals surface area contributed by atoms with E-state index >= 15 is 0 Å². The zero-order valence-electron chi connectivity index (χ0n) is 5.76. The molecular formula is C8H12S. The summed E-state index contributed by atoms with van der Waals surface area (Å²) < 4.78 is 0. The minimum atomic E-state index is 1.09. The fourth-order valence-electron chi connectivity index (χ4n) is 0.458. The summed E-state index contributed by atoms with van der Waals surface area (Å²) in [6, 6.07) is 0. The zero-order valence-corrected chi connectivity index (χ0v) is 6.58. The fraction of sp³-hybridized carbons (Fsp3) is 0.250. The molecule has 0 aliphatic carbocycles. The van der Waals surface area contributed by atoms with Crippen molar-refractivity contribution in [2.75, 3.05) is 5.75 Å². The molecule has 0 heterocycles. The average molecular weight is 140 g/mol. The lowest BCUT2D eigenvalue weighted by atomic mass is 10.5. The first-order chi connectivity index (χ1) is 4.35. The number of hydrogen-bond acceptors (Lipinski definition) is 1. The molecular weight excluding hydrogens is 128 g/mol. The van der Waals surface area contributed by atoms with E-state index < -0.39 is 0 Å². The second-order valence-electron chi connectivity index (χ2n) is 1.44. The first kappa shape index (κ1) is 8.57. The van der Waals surface area contributed by atoms with Crippen LogP contribution in [0.1, 0.15) is 6.92 Å². The Hall–Kier alpha value is -0.430. The Labute approximate surface area is 61.3 Å². The average Bonchev–Trinajstić information content (AvgIpc) is 1.88. The van der Waals surface area contributed by atoms with Gasteiger partial charge < -0.3 is 0 Å². The van der Waals surface area contributed by atoms with Crippen molar-refractivity contribution in [3.05, 3.63) is 36.3 Å². The Morgan fingerprint density at radius 3 is 2.56 bits per heavy atom. The van der Waals surface area contributed by atoms with Gasteiger partial charge in [0.1, 0.15) is 0 Å². The molecule has 0 saturated heterocycles. The first-order valence-corrected chi connectivity index (χ1v) is 3.91. The van der Waals surface area contributed by atoms with E-state index in [1.807, 2.05) is 12.2 Å². The van der Waals surface area contributed by atoms with Gasteiger partial charge in [0.2, 0.25) is 0 Å². The molecule has 0 saturated carbocycles. The van der Waals surface area contributed by atoms with Crippen molar-refractivity contribution in [1.82, 2.24) is 0 Å². The van der Waals surface area contributed by atoms with E-state index in [0.29, 0.717) is 0 Å². The highest BCUT2D eigenvalue weighted by atomic mass is 32.2. The van der Waals surface area contributed by atoms with Crippen LogP contribution in [0.5, 0.6) is 0 Å². The molecule has 0 spiro atoms. The predicted molar refractivity (Wildman–Crippen MR) is 46.6 cm³/mol. The third-order valence-electron chi connectivity index (χ3n) is 0.794. The van der Waals surface area contributed by atoms with Gasteiger partial charge in [-0.3, -0.25) is 0 Å². The molecule has 0 unspecified atom stereocenters. The summed E-state index contributed by atoms with van der Waals surface area (Å²) >= 11 is 1.77. The van der Waals surface area contributed by atoms with Gasteiger partial charge in [-0.2, -0.15) is 0 Å². The van der Waals surface area contributed by atoms with Crippen LogP contribution in [-0.2, 0) is 0 Å². The first-order valence-electron chi connectivity index (χ1n) is 2.93. The smallest absolute Gasteiger partial charge is 0.00657 e. The highest BCUT2D eigenvalue weighted by Crippen LogP contribution is 2.14. The summed E-state index contributed by atoms with van der Waals surface area (Å²) in [7, 11) is 0. The maximum Gasteiger partial charge on any atom is 0.00657 e. The molecule has 9 heavy (non-hydrogen) atoms. The lowest BCUT2D eigenvalue weighted by Crippen LogP contribution is -1.69. The van der Waals surface area contributed by atoms with Gasteiger partial charge in [0, 0.05) is 4.91 Å². The van der Waals surface area contributed by atoms with E-state index in [2.05, 4.69) is 20.1 Å². The van der Waals surface area contributed by atoms with Crippen molar-refractivity contribution in [1.29, 1.82) is 0 Å². The van der Waals surface area contributed by atoms with Gasteiger partial charge in [0.25, 0.3) is 0 Å². The molecule has 0 atom stereocenters. The third kappa shape index (κ3) is 4.10. The second kappa shape index (κ2) is 5.70. The van der Waals surface area contributed by atoms with Crippen LogP contribution in [0.15, 0.2) is 36.3 Å². The molecule has 0 aromatic carbocycles. The summed E-state index contributed by atoms with van der Waals surface area (Å²) in [5.41, 5.74) is 0. The third-order valence-corrected chi connectivity index (χ3v) is 1.72. The van der Waals surface area contributed by atoms with Crippen molar-refractivity contribution >= 4 is 11.8 Å². The van der Waals surface area contributed by atoms with Crippen LogP contribution in [0.2, 0.25) is 0 Å². The SMILES string of the molecule is C=C/C=C(\C=C)SCC. The summed E-state index contributed by atoms with van der Waals surface area (Å²) in [4.78, 5) is 1.19. The summed E-state index contributed by atoms with van der Waals surface area (Å²) in [5, 5.41) is 0. The highest BCUT2D eigenvalue weighted by Gasteiger charge is 1.84. The van der Waals surface area contributed by atoms with Crippen LogP contribution in [0.3, 0.4) is 0 Å². The van der Waals surface area contributed by atoms with Gasteiger partial charge in [0.05, 0.1) is 0 Å². The molecule has 0 fully saturated rings. The Morgan fingerprint density at radius 1 is 1.56 bits per heavy atom. The molecule has 1 heteroatoms. The van der Waals surface area contributed by atoms with Crippen LogP contribution < -0.4 is 0 Å². The largest absolute Gasteiger partial charge is 0.126 e. The number of hydrogen-bond donors (Lipinski definition) is 0. The Balaban J connectivity index is 3.80. The van der Waals surface area contributed by atoms with Gasteiger partial charge in [-0.05, 0) is 11.8 Å². The second-order valence-corrected chi connectivity index (χ2v) is 2.78. The van der Waals surface area contributed by atoms with Crippen LogP contribution in [0, 0.1) is 0 Å². The molecule has 50 valence electrons. The van der Waals surface area contributed by atoms with E-state index in [4.69, 9.17) is 0 Å². The van der Waals surface area contributed by atoms with Crippen LogP contribution in [-0.4, -0.2) is 5.75 Å². The molecule has 0 radical (unpaired) electrons. The minimum Gasteiger partial charge on any atom is -0.126 e. The molecule has 0 nitrogen and oxygen atoms in total. The van der Waals surface area contributed by atoms with Crippen molar-refractivity contribution in [3.8, 4) is 0 Å². The number of allylic oxidation sites excluding steroid dienone is 3. The Kier molecular flexibility index (Phi) is 5.43. The maximum atomic E-state index is 3.66. The zero-order chi connectivity index (χ0) is 7.11. The maximum absolute atomic E-state index is 3.66. The van der Waals surface area contributed by atoms with E-state index in [1.165, 1.54) is 4.91 Å². The standard InChI is InChI=1S/C8H12S/c1-4-7-8(5-2)9-6-3/h4-5,7H,1-2,6H2,3H3/b8-7+. The number of rotatable bonds is 4. The van der Waals surface area contributed by atoms with Crippen LogP contribution in [0.4, 0.5) is 0 Å². The topological polar surface area (TPSA) is 0 Å². The van der Waals surface area contributed by atoms with E-state index in [0.717, 1.165) is 5.75 Å². The lowest BCUT2D eigenvalue weighted by molar-refractivity contribution is 1.53. The van der Waals surface area contributed by atoms with E-state index in [-0.39, 0.29) is 0 Å². The molecule has 0 aromatic heterocycles. The fourth-order valence-corrected chi connectivity index (χ4v) is 1.10. The van der Waals surface area contributed by atoms with Gasteiger partial charge >= 0.3 is 0 Å².